The molecule has 1 aromatic carbocycles. The maximum atomic E-state index is 5.91. The number of rotatable bonds is 6. The molecule has 2 heteroatoms. The van der Waals surface area contributed by atoms with E-state index in [0.29, 0.717) is 6.04 Å². The smallest absolute Gasteiger partial charge is 0.120 e. The summed E-state index contributed by atoms with van der Waals surface area (Å²) in [4.78, 5) is 0. The number of ether oxygens (including phenoxy) is 1. The molecule has 1 atom stereocenters. The van der Waals surface area contributed by atoms with Crippen molar-refractivity contribution in [1.29, 1.82) is 0 Å². The van der Waals surface area contributed by atoms with Crippen LogP contribution in [0.15, 0.2) is 24.3 Å². The molecule has 0 aromatic heterocycles. The summed E-state index contributed by atoms with van der Waals surface area (Å²) in [6, 6.07) is 8.86. The van der Waals surface area contributed by atoms with Crippen LogP contribution >= 0.6 is 0 Å². The molecule has 0 bridgehead atoms. The summed E-state index contributed by atoms with van der Waals surface area (Å²) in [5.74, 6) is 0.955. The van der Waals surface area contributed by atoms with Crippen LogP contribution in [0.3, 0.4) is 0 Å². The van der Waals surface area contributed by atoms with Gasteiger partial charge < -0.3 is 10.1 Å². The second-order valence-electron chi connectivity index (χ2n) is 5.70. The van der Waals surface area contributed by atoms with Crippen molar-refractivity contribution >= 4 is 0 Å². The van der Waals surface area contributed by atoms with Gasteiger partial charge in [0.25, 0.3) is 0 Å². The molecule has 0 amide bonds. The summed E-state index contributed by atoms with van der Waals surface area (Å²) in [7, 11) is 0. The molecule has 1 rings (SSSR count). The van der Waals surface area contributed by atoms with Gasteiger partial charge in [0.05, 0.1) is 0 Å². The van der Waals surface area contributed by atoms with Crippen molar-refractivity contribution in [1.82, 2.24) is 5.32 Å². The maximum Gasteiger partial charge on any atom is 0.120 e. The van der Waals surface area contributed by atoms with Crippen molar-refractivity contribution < 1.29 is 4.74 Å². The van der Waals surface area contributed by atoms with Crippen LogP contribution in [0.2, 0.25) is 0 Å². The van der Waals surface area contributed by atoms with Gasteiger partial charge >= 0.3 is 0 Å². The lowest BCUT2D eigenvalue weighted by Gasteiger charge is -2.23. The van der Waals surface area contributed by atoms with Crippen molar-refractivity contribution in [2.24, 2.45) is 0 Å². The third-order valence-corrected chi connectivity index (χ3v) is 2.73. The fourth-order valence-electron chi connectivity index (χ4n) is 1.96. The van der Waals surface area contributed by atoms with Crippen LogP contribution in [-0.2, 0) is 0 Å². The third kappa shape index (κ3) is 5.09. The predicted molar refractivity (Wildman–Crippen MR) is 78.1 cm³/mol. The molecule has 0 aliphatic heterocycles. The van der Waals surface area contributed by atoms with Crippen LogP contribution in [0.25, 0.3) is 0 Å². The predicted octanol–water partition coefficient (Wildman–Crippen LogP) is 4.31. The van der Waals surface area contributed by atoms with Gasteiger partial charge in [-0.15, -0.1) is 0 Å². The number of nitrogens with one attached hydrogen (secondary N) is 1. The van der Waals surface area contributed by atoms with E-state index in [1.165, 1.54) is 5.56 Å². The van der Waals surface area contributed by atoms with Crippen LogP contribution in [0, 0.1) is 0 Å². The quantitative estimate of drug-likeness (QED) is 0.811. The highest BCUT2D eigenvalue weighted by Crippen LogP contribution is 2.24. The van der Waals surface area contributed by atoms with E-state index in [2.05, 4.69) is 58.1 Å². The highest BCUT2D eigenvalue weighted by Gasteiger charge is 2.13. The van der Waals surface area contributed by atoms with Crippen LogP contribution in [0.5, 0.6) is 5.75 Å². The minimum absolute atomic E-state index is 0.142. The molecule has 0 aliphatic rings. The summed E-state index contributed by atoms with van der Waals surface area (Å²) >= 11 is 0. The van der Waals surface area contributed by atoms with E-state index < -0.39 is 0 Å². The van der Waals surface area contributed by atoms with Gasteiger partial charge in [0.2, 0.25) is 0 Å². The molecule has 0 aliphatic carbocycles. The monoisotopic (exact) mass is 249 g/mol. The Morgan fingerprint density at radius 3 is 2.50 bits per heavy atom. The molecule has 18 heavy (non-hydrogen) atoms. The molecule has 0 saturated heterocycles. The second-order valence-corrected chi connectivity index (χ2v) is 5.70. The van der Waals surface area contributed by atoms with Crippen LogP contribution in [0.4, 0.5) is 0 Å². The van der Waals surface area contributed by atoms with Gasteiger partial charge in [-0.3, -0.25) is 0 Å². The van der Waals surface area contributed by atoms with E-state index in [0.717, 1.165) is 25.1 Å². The standard InChI is InChI=1S/C16H27NO/c1-6-11-17-15(7-2)13-9-8-10-14(12-13)18-16(3,4)5/h8-10,12,15,17H,6-7,11H2,1-5H3. The average molecular weight is 249 g/mol. The first-order valence-corrected chi connectivity index (χ1v) is 6.98. The molecular formula is C16H27NO. The third-order valence-electron chi connectivity index (χ3n) is 2.73. The molecule has 0 spiro atoms. The van der Waals surface area contributed by atoms with Gasteiger partial charge in [0.15, 0.2) is 0 Å². The Hall–Kier alpha value is -1.02. The van der Waals surface area contributed by atoms with E-state index in [1.54, 1.807) is 0 Å². The molecule has 2 nitrogen and oxygen atoms in total. The lowest BCUT2D eigenvalue weighted by Crippen LogP contribution is -2.24. The maximum absolute atomic E-state index is 5.91. The van der Waals surface area contributed by atoms with Gasteiger partial charge in [0.1, 0.15) is 11.4 Å². The minimum atomic E-state index is -0.142. The SMILES string of the molecule is CCCNC(CC)c1cccc(OC(C)(C)C)c1. The van der Waals surface area contributed by atoms with E-state index >= 15 is 0 Å². The van der Waals surface area contributed by atoms with Crippen molar-refractivity contribution in [2.75, 3.05) is 6.54 Å². The minimum Gasteiger partial charge on any atom is -0.488 e. The molecular weight excluding hydrogens is 222 g/mol. The van der Waals surface area contributed by atoms with E-state index in [9.17, 15) is 0 Å². The van der Waals surface area contributed by atoms with Gasteiger partial charge in [-0.2, -0.15) is 0 Å². The Morgan fingerprint density at radius 1 is 1.22 bits per heavy atom. The lowest BCUT2D eigenvalue weighted by atomic mass is 10.0. The fourth-order valence-corrected chi connectivity index (χ4v) is 1.96. The van der Waals surface area contributed by atoms with Crippen molar-refractivity contribution in [2.45, 2.75) is 59.1 Å². The normalized spacial score (nSPS) is 13.4. The zero-order valence-corrected chi connectivity index (χ0v) is 12.4. The fraction of sp³-hybridized carbons (Fsp3) is 0.625. The highest BCUT2D eigenvalue weighted by molar-refractivity contribution is 5.31. The van der Waals surface area contributed by atoms with Crippen molar-refractivity contribution in [3.8, 4) is 5.75 Å². The molecule has 1 aromatic rings. The zero-order chi connectivity index (χ0) is 13.6. The zero-order valence-electron chi connectivity index (χ0n) is 12.4. The summed E-state index contributed by atoms with van der Waals surface area (Å²) in [5, 5.41) is 3.57. The largest absolute Gasteiger partial charge is 0.488 e. The first kappa shape index (κ1) is 15.0. The van der Waals surface area contributed by atoms with Gasteiger partial charge in [-0.25, -0.2) is 0 Å². The Balaban J connectivity index is 2.79. The summed E-state index contributed by atoms with van der Waals surface area (Å²) in [5.41, 5.74) is 1.17. The van der Waals surface area contributed by atoms with Crippen LogP contribution in [0.1, 0.15) is 59.1 Å². The Kier molecular flexibility index (Phi) is 5.67. The van der Waals surface area contributed by atoms with Gasteiger partial charge in [-0.05, 0) is 57.9 Å². The first-order chi connectivity index (χ1) is 8.46. The van der Waals surface area contributed by atoms with Crippen LogP contribution in [-0.4, -0.2) is 12.1 Å². The highest BCUT2D eigenvalue weighted by atomic mass is 16.5. The van der Waals surface area contributed by atoms with E-state index in [-0.39, 0.29) is 5.60 Å². The van der Waals surface area contributed by atoms with E-state index in [4.69, 9.17) is 4.74 Å². The molecule has 0 fully saturated rings. The number of benzene rings is 1. The van der Waals surface area contributed by atoms with Crippen molar-refractivity contribution in [3.05, 3.63) is 29.8 Å². The molecule has 1 N–H and O–H groups in total. The molecule has 0 heterocycles. The Morgan fingerprint density at radius 2 is 1.94 bits per heavy atom. The summed E-state index contributed by atoms with van der Waals surface area (Å²) < 4.78 is 5.91. The molecule has 0 saturated carbocycles. The first-order valence-electron chi connectivity index (χ1n) is 6.98. The Bertz CT molecular complexity index is 354. The summed E-state index contributed by atoms with van der Waals surface area (Å²) in [6.45, 7) is 11.7. The topological polar surface area (TPSA) is 21.3 Å². The number of hydrogen-bond acceptors (Lipinski definition) is 2. The molecule has 102 valence electrons. The molecule has 0 radical (unpaired) electrons. The average Bonchev–Trinajstić information content (AvgIpc) is 2.28. The van der Waals surface area contributed by atoms with Crippen LogP contribution < -0.4 is 10.1 Å². The van der Waals surface area contributed by atoms with E-state index in [1.807, 2.05) is 6.07 Å². The second kappa shape index (κ2) is 6.79. The Labute approximate surface area is 112 Å². The molecule has 1 unspecified atom stereocenters. The van der Waals surface area contributed by atoms with Gasteiger partial charge in [0, 0.05) is 6.04 Å². The van der Waals surface area contributed by atoms with Gasteiger partial charge in [-0.1, -0.05) is 26.0 Å². The van der Waals surface area contributed by atoms with Crippen molar-refractivity contribution in [3.63, 3.8) is 0 Å². The number of hydrogen-bond donors (Lipinski definition) is 1. The lowest BCUT2D eigenvalue weighted by molar-refractivity contribution is 0.130. The summed E-state index contributed by atoms with van der Waals surface area (Å²) in [6.07, 6.45) is 2.26.